The first kappa shape index (κ1) is 12.7. The van der Waals surface area contributed by atoms with E-state index < -0.39 is 0 Å². The normalized spacial score (nSPS) is 17.6. The molecule has 0 amide bonds. The molecule has 0 bridgehead atoms. The van der Waals surface area contributed by atoms with E-state index in [0.29, 0.717) is 6.04 Å². The molecule has 0 spiro atoms. The third-order valence-corrected chi connectivity index (χ3v) is 4.11. The van der Waals surface area contributed by atoms with Gasteiger partial charge in [-0.2, -0.15) is 0 Å². The third kappa shape index (κ3) is 3.14. The van der Waals surface area contributed by atoms with E-state index in [-0.39, 0.29) is 0 Å². The lowest BCUT2D eigenvalue weighted by Crippen LogP contribution is -2.33. The number of nitrogens with zero attached hydrogens (tertiary/aromatic N) is 1. The molecule has 1 aromatic rings. The number of benzene rings is 1. The molecular weight excluding hydrogens is 232 g/mol. The van der Waals surface area contributed by atoms with Gasteiger partial charge < -0.3 is 5.73 Å². The predicted octanol–water partition coefficient (Wildman–Crippen LogP) is 3.69. The fraction of sp³-hybridized carbons (Fsp3) is 0.571. The molecule has 0 unspecified atom stereocenters. The summed E-state index contributed by atoms with van der Waals surface area (Å²) in [5.74, 6) is 0. The minimum Gasteiger partial charge on any atom is -0.398 e. The van der Waals surface area contributed by atoms with Gasteiger partial charge in [0.2, 0.25) is 0 Å². The second kappa shape index (κ2) is 5.74. The average Bonchev–Trinajstić information content (AvgIpc) is 2.35. The zero-order chi connectivity index (χ0) is 12.3. The Labute approximate surface area is 109 Å². The summed E-state index contributed by atoms with van der Waals surface area (Å²) in [4.78, 5) is 2.40. The number of anilines is 1. The standard InChI is InChI=1S/C14H21ClN2/c1-17(11-6-3-2-4-7-11)10-12-13(15)8-5-9-14(12)16/h5,8-9,11H,2-4,6-7,10,16H2,1H3. The lowest BCUT2D eigenvalue weighted by atomic mass is 9.94. The highest BCUT2D eigenvalue weighted by molar-refractivity contribution is 6.31. The van der Waals surface area contributed by atoms with Gasteiger partial charge >= 0.3 is 0 Å². The topological polar surface area (TPSA) is 29.3 Å². The molecule has 0 saturated heterocycles. The van der Waals surface area contributed by atoms with Crippen LogP contribution in [0, 0.1) is 0 Å². The van der Waals surface area contributed by atoms with Crippen molar-refractivity contribution in [3.8, 4) is 0 Å². The minimum atomic E-state index is 0.694. The lowest BCUT2D eigenvalue weighted by molar-refractivity contribution is 0.185. The van der Waals surface area contributed by atoms with Gasteiger partial charge in [0.15, 0.2) is 0 Å². The third-order valence-electron chi connectivity index (χ3n) is 3.76. The van der Waals surface area contributed by atoms with Gasteiger partial charge in [-0.1, -0.05) is 36.9 Å². The van der Waals surface area contributed by atoms with Crippen molar-refractivity contribution in [3.05, 3.63) is 28.8 Å². The van der Waals surface area contributed by atoms with Crippen LogP contribution in [0.5, 0.6) is 0 Å². The molecule has 1 saturated carbocycles. The largest absolute Gasteiger partial charge is 0.398 e. The zero-order valence-electron chi connectivity index (χ0n) is 10.5. The van der Waals surface area contributed by atoms with Crippen LogP contribution < -0.4 is 5.73 Å². The van der Waals surface area contributed by atoms with Gasteiger partial charge in [0.05, 0.1) is 0 Å². The molecule has 3 heteroatoms. The van der Waals surface area contributed by atoms with Crippen LogP contribution in [0.4, 0.5) is 5.69 Å². The van der Waals surface area contributed by atoms with Crippen LogP contribution in [0.3, 0.4) is 0 Å². The van der Waals surface area contributed by atoms with Crippen LogP contribution in [-0.4, -0.2) is 18.0 Å². The molecule has 1 aromatic carbocycles. The van der Waals surface area contributed by atoms with Gasteiger partial charge in [-0.3, -0.25) is 4.90 Å². The number of halogens is 1. The Morgan fingerprint density at radius 1 is 1.29 bits per heavy atom. The van der Waals surface area contributed by atoms with Crippen LogP contribution in [0.25, 0.3) is 0 Å². The summed E-state index contributed by atoms with van der Waals surface area (Å²) in [5.41, 5.74) is 7.87. The fourth-order valence-electron chi connectivity index (χ4n) is 2.64. The van der Waals surface area contributed by atoms with Crippen molar-refractivity contribution in [2.45, 2.75) is 44.7 Å². The van der Waals surface area contributed by atoms with Gasteiger partial charge in [-0.25, -0.2) is 0 Å². The SMILES string of the molecule is CN(Cc1c(N)cccc1Cl)C1CCCCC1. The van der Waals surface area contributed by atoms with Gasteiger partial charge in [0.1, 0.15) is 0 Å². The Morgan fingerprint density at radius 2 is 2.00 bits per heavy atom. The van der Waals surface area contributed by atoms with Crippen molar-refractivity contribution >= 4 is 17.3 Å². The average molecular weight is 253 g/mol. The molecule has 94 valence electrons. The van der Waals surface area contributed by atoms with E-state index in [2.05, 4.69) is 11.9 Å². The number of nitrogens with two attached hydrogens (primary N) is 1. The van der Waals surface area contributed by atoms with Crippen molar-refractivity contribution in [1.82, 2.24) is 4.90 Å². The van der Waals surface area contributed by atoms with Crippen molar-refractivity contribution in [3.63, 3.8) is 0 Å². The quantitative estimate of drug-likeness (QED) is 0.832. The van der Waals surface area contributed by atoms with E-state index in [9.17, 15) is 0 Å². The van der Waals surface area contributed by atoms with Crippen LogP contribution in [0.1, 0.15) is 37.7 Å². The molecule has 0 aliphatic heterocycles. The molecule has 1 aliphatic rings. The maximum absolute atomic E-state index is 6.21. The molecular formula is C14H21ClN2. The summed E-state index contributed by atoms with van der Waals surface area (Å²) in [6.07, 6.45) is 6.71. The highest BCUT2D eigenvalue weighted by Gasteiger charge is 2.19. The summed E-state index contributed by atoms with van der Waals surface area (Å²) in [7, 11) is 2.18. The summed E-state index contributed by atoms with van der Waals surface area (Å²) >= 11 is 6.21. The summed E-state index contributed by atoms with van der Waals surface area (Å²) in [5, 5.41) is 0.785. The Hall–Kier alpha value is -0.730. The zero-order valence-corrected chi connectivity index (χ0v) is 11.2. The highest BCUT2D eigenvalue weighted by Crippen LogP contribution is 2.27. The first-order valence-corrected chi connectivity index (χ1v) is 6.79. The van der Waals surface area contributed by atoms with E-state index in [1.165, 1.54) is 32.1 Å². The molecule has 1 fully saturated rings. The van der Waals surface area contributed by atoms with Crippen molar-refractivity contribution in [2.75, 3.05) is 12.8 Å². The van der Waals surface area contributed by atoms with Crippen molar-refractivity contribution < 1.29 is 0 Å². The summed E-state index contributed by atoms with van der Waals surface area (Å²) in [6, 6.07) is 6.44. The van der Waals surface area contributed by atoms with E-state index in [1.54, 1.807) is 0 Å². The summed E-state index contributed by atoms with van der Waals surface area (Å²) in [6.45, 7) is 0.857. The molecule has 17 heavy (non-hydrogen) atoms. The second-order valence-corrected chi connectivity index (χ2v) is 5.42. The van der Waals surface area contributed by atoms with Crippen molar-refractivity contribution in [1.29, 1.82) is 0 Å². The first-order chi connectivity index (χ1) is 8.18. The van der Waals surface area contributed by atoms with E-state index >= 15 is 0 Å². The van der Waals surface area contributed by atoms with E-state index in [1.807, 2.05) is 18.2 Å². The van der Waals surface area contributed by atoms with Crippen LogP contribution in [-0.2, 0) is 6.54 Å². The van der Waals surface area contributed by atoms with E-state index in [0.717, 1.165) is 22.8 Å². The Morgan fingerprint density at radius 3 is 2.65 bits per heavy atom. The molecule has 0 radical (unpaired) electrons. The van der Waals surface area contributed by atoms with E-state index in [4.69, 9.17) is 17.3 Å². The van der Waals surface area contributed by atoms with Gasteiger partial charge in [0.25, 0.3) is 0 Å². The van der Waals surface area contributed by atoms with Gasteiger partial charge in [-0.05, 0) is 32.0 Å². The van der Waals surface area contributed by atoms with Gasteiger partial charge in [0, 0.05) is 28.9 Å². The maximum atomic E-state index is 6.21. The van der Waals surface area contributed by atoms with Gasteiger partial charge in [-0.15, -0.1) is 0 Å². The van der Waals surface area contributed by atoms with Crippen LogP contribution >= 0.6 is 11.6 Å². The number of hydrogen-bond acceptors (Lipinski definition) is 2. The first-order valence-electron chi connectivity index (χ1n) is 6.41. The molecule has 1 aliphatic carbocycles. The number of hydrogen-bond donors (Lipinski definition) is 1. The minimum absolute atomic E-state index is 0.694. The second-order valence-electron chi connectivity index (χ2n) is 5.01. The lowest BCUT2D eigenvalue weighted by Gasteiger charge is -2.31. The number of nitrogen functional groups attached to an aromatic ring is 1. The smallest absolute Gasteiger partial charge is 0.0471 e. The van der Waals surface area contributed by atoms with Crippen molar-refractivity contribution in [2.24, 2.45) is 0 Å². The molecule has 0 heterocycles. The fourth-order valence-corrected chi connectivity index (χ4v) is 2.88. The summed E-state index contributed by atoms with van der Waals surface area (Å²) < 4.78 is 0. The molecule has 2 rings (SSSR count). The van der Waals surface area contributed by atoms with Crippen LogP contribution in [0.15, 0.2) is 18.2 Å². The maximum Gasteiger partial charge on any atom is 0.0471 e. The Bertz CT molecular complexity index is 352. The molecule has 2 nitrogen and oxygen atoms in total. The monoisotopic (exact) mass is 252 g/mol. The Balaban J connectivity index is 2.04. The molecule has 0 atom stereocenters. The predicted molar refractivity (Wildman–Crippen MR) is 74.2 cm³/mol. The highest BCUT2D eigenvalue weighted by atomic mass is 35.5. The van der Waals surface area contributed by atoms with Crippen LogP contribution in [0.2, 0.25) is 5.02 Å². The number of rotatable bonds is 3. The molecule has 0 aromatic heterocycles. The Kier molecular flexibility index (Phi) is 4.30. The molecule has 2 N–H and O–H groups in total.